The Hall–Kier alpha value is -3.54. The van der Waals surface area contributed by atoms with Crippen LogP contribution in [-0.4, -0.2) is 29.5 Å². The Labute approximate surface area is 196 Å². The van der Waals surface area contributed by atoms with Gasteiger partial charge in [-0.1, -0.05) is 0 Å². The van der Waals surface area contributed by atoms with Crippen LogP contribution in [-0.2, 0) is 4.79 Å². The minimum absolute atomic E-state index is 0.0476. The second-order valence-corrected chi connectivity index (χ2v) is 9.00. The van der Waals surface area contributed by atoms with Crippen molar-refractivity contribution in [3.8, 4) is 0 Å². The highest BCUT2D eigenvalue weighted by Crippen LogP contribution is 2.30. The molecule has 2 aromatic rings. The summed E-state index contributed by atoms with van der Waals surface area (Å²) in [5.41, 5.74) is 21.7. The number of nitrogen functional groups attached to an aromatic ring is 2. The maximum atomic E-state index is 13.1. The summed E-state index contributed by atoms with van der Waals surface area (Å²) in [6.45, 7) is 9.91. The SMILES string of the molecule is Cc1c(N)ccc(N=C2C=C(Nc3ccc(N)c(C)c3C)C(=O)C=C2N2CCCCC2)c1C. The van der Waals surface area contributed by atoms with Crippen LogP contribution in [0.5, 0.6) is 0 Å². The first-order chi connectivity index (χ1) is 15.8. The van der Waals surface area contributed by atoms with Gasteiger partial charge in [0.2, 0.25) is 5.78 Å². The van der Waals surface area contributed by atoms with Crippen molar-refractivity contribution in [3.63, 3.8) is 0 Å². The lowest BCUT2D eigenvalue weighted by Gasteiger charge is -2.32. The van der Waals surface area contributed by atoms with Gasteiger partial charge in [0.25, 0.3) is 0 Å². The number of benzene rings is 2. The highest BCUT2D eigenvalue weighted by molar-refractivity contribution is 6.23. The highest BCUT2D eigenvalue weighted by atomic mass is 16.1. The number of aliphatic imine (C=N–C) groups is 1. The number of carbonyl (C=O) groups excluding carboxylic acids is 1. The Morgan fingerprint density at radius 3 is 2.15 bits per heavy atom. The molecule has 0 bridgehead atoms. The Morgan fingerprint density at radius 1 is 0.818 bits per heavy atom. The highest BCUT2D eigenvalue weighted by Gasteiger charge is 2.25. The van der Waals surface area contributed by atoms with Crippen molar-refractivity contribution >= 4 is 34.2 Å². The van der Waals surface area contributed by atoms with Gasteiger partial charge in [0.05, 0.1) is 22.8 Å². The first-order valence-corrected chi connectivity index (χ1v) is 11.6. The second-order valence-electron chi connectivity index (χ2n) is 9.00. The largest absolute Gasteiger partial charge is 0.399 e. The number of allylic oxidation sites excluding steroid dienone is 2. The van der Waals surface area contributed by atoms with Crippen LogP contribution >= 0.6 is 0 Å². The first-order valence-electron chi connectivity index (χ1n) is 11.6. The number of nitrogens with zero attached hydrogens (tertiary/aromatic N) is 2. The number of rotatable bonds is 4. The molecule has 172 valence electrons. The molecule has 0 saturated carbocycles. The molecule has 1 saturated heterocycles. The topological polar surface area (TPSA) is 96.7 Å². The predicted octanol–water partition coefficient (Wildman–Crippen LogP) is 5.11. The molecule has 4 rings (SSSR count). The Balaban J connectivity index is 1.77. The summed E-state index contributed by atoms with van der Waals surface area (Å²) >= 11 is 0. The number of anilines is 3. The second kappa shape index (κ2) is 9.14. The molecule has 0 radical (unpaired) electrons. The molecule has 0 amide bonds. The van der Waals surface area contributed by atoms with Crippen LogP contribution in [0, 0.1) is 27.7 Å². The molecule has 5 N–H and O–H groups in total. The molecular weight excluding hydrogens is 410 g/mol. The Kier molecular flexibility index (Phi) is 6.27. The molecule has 1 aliphatic carbocycles. The number of likely N-dealkylation sites (tertiary alicyclic amines) is 1. The molecule has 6 heteroatoms. The van der Waals surface area contributed by atoms with Gasteiger partial charge >= 0.3 is 0 Å². The number of piperidine rings is 1. The van der Waals surface area contributed by atoms with Crippen molar-refractivity contribution in [2.24, 2.45) is 4.99 Å². The van der Waals surface area contributed by atoms with E-state index in [-0.39, 0.29) is 5.78 Å². The smallest absolute Gasteiger partial charge is 0.204 e. The van der Waals surface area contributed by atoms with Crippen molar-refractivity contribution < 1.29 is 4.79 Å². The van der Waals surface area contributed by atoms with Gasteiger partial charge < -0.3 is 21.7 Å². The van der Waals surface area contributed by atoms with E-state index in [1.807, 2.05) is 58.0 Å². The number of hydrogen-bond donors (Lipinski definition) is 3. The summed E-state index contributed by atoms with van der Waals surface area (Å²) < 4.78 is 0. The van der Waals surface area contributed by atoms with Gasteiger partial charge in [-0.25, -0.2) is 4.99 Å². The quantitative estimate of drug-likeness (QED) is 0.451. The van der Waals surface area contributed by atoms with Crippen molar-refractivity contribution in [1.29, 1.82) is 0 Å². The zero-order chi connectivity index (χ0) is 23.7. The number of ketones is 1. The molecule has 2 aliphatic rings. The van der Waals surface area contributed by atoms with Crippen molar-refractivity contribution in [1.82, 2.24) is 4.90 Å². The fraction of sp³-hybridized carbons (Fsp3) is 0.333. The van der Waals surface area contributed by atoms with Crippen molar-refractivity contribution in [2.75, 3.05) is 29.9 Å². The molecule has 33 heavy (non-hydrogen) atoms. The summed E-state index contributed by atoms with van der Waals surface area (Å²) in [5.74, 6) is -0.0476. The number of nitrogens with one attached hydrogen (secondary N) is 1. The summed E-state index contributed by atoms with van der Waals surface area (Å²) in [5, 5.41) is 3.33. The number of nitrogens with two attached hydrogens (primary N) is 2. The Bertz CT molecular complexity index is 1200. The van der Waals surface area contributed by atoms with Gasteiger partial charge in [-0.05, 0) is 99.6 Å². The lowest BCUT2D eigenvalue weighted by atomic mass is 10.00. The van der Waals surface area contributed by atoms with Crippen LogP contribution in [0.4, 0.5) is 22.7 Å². The third-order valence-corrected chi connectivity index (χ3v) is 6.91. The third kappa shape index (κ3) is 4.51. The fourth-order valence-corrected chi connectivity index (χ4v) is 4.33. The molecule has 6 nitrogen and oxygen atoms in total. The van der Waals surface area contributed by atoms with Gasteiger partial charge in [0.1, 0.15) is 0 Å². The molecule has 1 aliphatic heterocycles. The van der Waals surface area contributed by atoms with Crippen LogP contribution < -0.4 is 16.8 Å². The average molecular weight is 444 g/mol. The van der Waals surface area contributed by atoms with E-state index in [0.29, 0.717) is 5.70 Å². The van der Waals surface area contributed by atoms with Crippen LogP contribution in [0.15, 0.2) is 52.8 Å². The van der Waals surface area contributed by atoms with Gasteiger partial charge in [-0.15, -0.1) is 0 Å². The Morgan fingerprint density at radius 2 is 1.45 bits per heavy atom. The number of hydrogen-bond acceptors (Lipinski definition) is 6. The predicted molar refractivity (Wildman–Crippen MR) is 138 cm³/mol. The molecular formula is C27H33N5O. The normalized spacial score (nSPS) is 17.8. The van der Waals surface area contributed by atoms with E-state index in [1.165, 1.54) is 6.42 Å². The van der Waals surface area contributed by atoms with Crippen LogP contribution in [0.2, 0.25) is 0 Å². The minimum Gasteiger partial charge on any atom is -0.399 e. The van der Waals surface area contributed by atoms with Gasteiger partial charge in [-0.3, -0.25) is 4.79 Å². The van der Waals surface area contributed by atoms with E-state index in [0.717, 1.165) is 82.3 Å². The maximum Gasteiger partial charge on any atom is 0.204 e. The first kappa shape index (κ1) is 22.6. The zero-order valence-electron chi connectivity index (χ0n) is 20.0. The third-order valence-electron chi connectivity index (χ3n) is 6.91. The van der Waals surface area contributed by atoms with Crippen molar-refractivity contribution in [3.05, 3.63) is 70.1 Å². The van der Waals surface area contributed by atoms with E-state index in [4.69, 9.17) is 16.5 Å². The minimum atomic E-state index is -0.0476. The van der Waals surface area contributed by atoms with Gasteiger partial charge in [0, 0.05) is 36.2 Å². The van der Waals surface area contributed by atoms with Gasteiger partial charge in [-0.2, -0.15) is 0 Å². The standard InChI is InChI=1S/C27H33N5O/c1-16-18(3)22(10-8-20(16)28)30-24-14-25(31-23-11-9-21(29)17(2)19(23)4)27(33)15-26(24)32-12-6-5-7-13-32/h8-11,14-15,31H,5-7,12-13,28-29H2,1-4H3. The van der Waals surface area contributed by atoms with E-state index in [2.05, 4.69) is 10.2 Å². The zero-order valence-corrected chi connectivity index (χ0v) is 20.0. The van der Waals surface area contributed by atoms with Crippen LogP contribution in [0.1, 0.15) is 41.5 Å². The summed E-state index contributed by atoms with van der Waals surface area (Å²) in [6, 6.07) is 7.62. The molecule has 0 aromatic heterocycles. The monoisotopic (exact) mass is 443 g/mol. The van der Waals surface area contributed by atoms with Crippen LogP contribution in [0.25, 0.3) is 0 Å². The summed E-state index contributed by atoms with van der Waals surface area (Å²) in [7, 11) is 0. The summed E-state index contributed by atoms with van der Waals surface area (Å²) in [4.78, 5) is 20.5. The molecule has 0 unspecified atom stereocenters. The fourth-order valence-electron chi connectivity index (χ4n) is 4.33. The van der Waals surface area contributed by atoms with Crippen LogP contribution in [0.3, 0.4) is 0 Å². The van der Waals surface area contributed by atoms with Gasteiger partial charge in [0.15, 0.2) is 0 Å². The lowest BCUT2D eigenvalue weighted by molar-refractivity contribution is -0.111. The van der Waals surface area contributed by atoms with E-state index in [1.54, 1.807) is 6.08 Å². The average Bonchev–Trinajstić information content (AvgIpc) is 2.82. The van der Waals surface area contributed by atoms with Crippen molar-refractivity contribution in [2.45, 2.75) is 47.0 Å². The van der Waals surface area contributed by atoms with E-state index < -0.39 is 0 Å². The molecule has 2 aromatic carbocycles. The van der Waals surface area contributed by atoms with E-state index >= 15 is 0 Å². The summed E-state index contributed by atoms with van der Waals surface area (Å²) in [6.07, 6.45) is 7.07. The maximum absolute atomic E-state index is 13.1. The molecule has 0 spiro atoms. The number of carbonyl (C=O) groups is 1. The van der Waals surface area contributed by atoms with E-state index in [9.17, 15) is 4.79 Å². The lowest BCUT2D eigenvalue weighted by Crippen LogP contribution is -2.35. The molecule has 0 atom stereocenters. The molecule has 1 heterocycles. The molecule has 1 fully saturated rings.